The molecule has 2 rings (SSSR count). The van der Waals surface area contributed by atoms with Gasteiger partial charge in [0, 0.05) is 25.9 Å². The van der Waals surface area contributed by atoms with E-state index in [1.54, 1.807) is 6.92 Å². The second-order valence-corrected chi connectivity index (χ2v) is 4.50. The van der Waals surface area contributed by atoms with Crippen molar-refractivity contribution in [3.63, 3.8) is 0 Å². The monoisotopic (exact) mass is 238 g/mol. The second kappa shape index (κ2) is 5.91. The largest absolute Gasteiger partial charge is 0.378 e. The molecule has 17 heavy (non-hydrogen) atoms. The fourth-order valence-corrected chi connectivity index (χ4v) is 1.93. The van der Waals surface area contributed by atoms with E-state index >= 15 is 0 Å². The molecule has 0 bridgehead atoms. The van der Waals surface area contributed by atoms with E-state index in [9.17, 15) is 4.79 Å². The van der Waals surface area contributed by atoms with Gasteiger partial charge in [0.1, 0.15) is 5.78 Å². The Bertz CT molecular complexity index is 370. The third kappa shape index (κ3) is 3.93. The van der Waals surface area contributed by atoms with E-state index < -0.39 is 0 Å². The molecule has 1 aromatic rings. The number of nitrogens with zero attached hydrogens (tertiary/aromatic N) is 2. The molecule has 5 heteroatoms. The first-order valence-electron chi connectivity index (χ1n) is 6.16. The first-order chi connectivity index (χ1) is 8.24. The van der Waals surface area contributed by atoms with Crippen molar-refractivity contribution >= 4 is 5.78 Å². The van der Waals surface area contributed by atoms with Gasteiger partial charge in [0.15, 0.2) is 5.82 Å². The van der Waals surface area contributed by atoms with Gasteiger partial charge in [-0.2, -0.15) is 4.98 Å². The van der Waals surface area contributed by atoms with Gasteiger partial charge in [-0.15, -0.1) is 0 Å². The normalized spacial score (nSPS) is 20.4. The summed E-state index contributed by atoms with van der Waals surface area (Å²) in [6.07, 6.45) is 5.35. The number of carbonyl (C=O) groups is 1. The van der Waals surface area contributed by atoms with Crippen LogP contribution >= 0.6 is 0 Å². The Morgan fingerprint density at radius 3 is 3.06 bits per heavy atom. The highest BCUT2D eigenvalue weighted by molar-refractivity contribution is 5.75. The number of aromatic nitrogens is 2. The third-order valence-corrected chi connectivity index (χ3v) is 2.89. The topological polar surface area (TPSA) is 65.2 Å². The SMILES string of the molecule is CC(=O)CCc1nc(CC2CCCCO2)no1. The predicted octanol–water partition coefficient (Wildman–Crippen LogP) is 1.70. The number of rotatable bonds is 5. The zero-order valence-corrected chi connectivity index (χ0v) is 10.1. The molecule has 1 aliphatic heterocycles. The molecule has 1 saturated heterocycles. The molecule has 1 aliphatic rings. The average Bonchev–Trinajstić information content (AvgIpc) is 2.75. The van der Waals surface area contributed by atoms with Crippen LogP contribution in [0.15, 0.2) is 4.52 Å². The number of Topliss-reactive ketones (excluding diaryl/α,β-unsaturated/α-hetero) is 1. The minimum atomic E-state index is 0.139. The molecule has 1 fully saturated rings. The molecule has 0 amide bonds. The number of aryl methyl sites for hydroxylation is 1. The summed E-state index contributed by atoms with van der Waals surface area (Å²) in [7, 11) is 0. The lowest BCUT2D eigenvalue weighted by Crippen LogP contribution is -2.21. The van der Waals surface area contributed by atoms with Crippen LogP contribution in [-0.4, -0.2) is 28.6 Å². The first-order valence-corrected chi connectivity index (χ1v) is 6.16. The highest BCUT2D eigenvalue weighted by Gasteiger charge is 2.17. The minimum Gasteiger partial charge on any atom is -0.378 e. The average molecular weight is 238 g/mol. The number of hydrogen-bond donors (Lipinski definition) is 0. The van der Waals surface area contributed by atoms with Crippen LogP contribution in [0.1, 0.15) is 44.3 Å². The van der Waals surface area contributed by atoms with Crippen molar-refractivity contribution < 1.29 is 14.1 Å². The maximum atomic E-state index is 10.8. The van der Waals surface area contributed by atoms with Crippen LogP contribution < -0.4 is 0 Å². The van der Waals surface area contributed by atoms with Crippen LogP contribution in [0.5, 0.6) is 0 Å². The van der Waals surface area contributed by atoms with Gasteiger partial charge in [-0.3, -0.25) is 0 Å². The Kier molecular flexibility index (Phi) is 4.25. The third-order valence-electron chi connectivity index (χ3n) is 2.89. The van der Waals surface area contributed by atoms with Crippen molar-refractivity contribution in [3.8, 4) is 0 Å². The molecular weight excluding hydrogens is 220 g/mol. The van der Waals surface area contributed by atoms with E-state index in [1.807, 2.05) is 0 Å². The van der Waals surface area contributed by atoms with E-state index in [4.69, 9.17) is 9.26 Å². The van der Waals surface area contributed by atoms with Gasteiger partial charge in [0.2, 0.25) is 5.89 Å². The number of ether oxygens (including phenoxy) is 1. The molecule has 0 aromatic carbocycles. The van der Waals surface area contributed by atoms with E-state index in [0.29, 0.717) is 31.0 Å². The van der Waals surface area contributed by atoms with Gasteiger partial charge in [0.25, 0.3) is 0 Å². The van der Waals surface area contributed by atoms with E-state index in [2.05, 4.69) is 10.1 Å². The van der Waals surface area contributed by atoms with Gasteiger partial charge in [0.05, 0.1) is 6.10 Å². The maximum Gasteiger partial charge on any atom is 0.227 e. The fraction of sp³-hybridized carbons (Fsp3) is 0.750. The summed E-state index contributed by atoms with van der Waals surface area (Å²) in [6, 6.07) is 0. The lowest BCUT2D eigenvalue weighted by Gasteiger charge is -2.20. The van der Waals surface area contributed by atoms with Gasteiger partial charge in [-0.1, -0.05) is 5.16 Å². The molecule has 0 N–H and O–H groups in total. The minimum absolute atomic E-state index is 0.139. The fourth-order valence-electron chi connectivity index (χ4n) is 1.93. The quantitative estimate of drug-likeness (QED) is 0.781. The first kappa shape index (κ1) is 12.2. The Labute approximate surface area is 101 Å². The standard InChI is InChI=1S/C12H18N2O3/c1-9(15)5-6-12-13-11(14-17-12)8-10-4-2-3-7-16-10/h10H,2-8H2,1H3. The number of carbonyl (C=O) groups excluding carboxylic acids is 1. The lowest BCUT2D eigenvalue weighted by atomic mass is 10.1. The van der Waals surface area contributed by atoms with E-state index in [0.717, 1.165) is 19.4 Å². The molecule has 0 aliphatic carbocycles. The molecule has 0 radical (unpaired) electrons. The van der Waals surface area contributed by atoms with Crippen molar-refractivity contribution in [1.29, 1.82) is 0 Å². The van der Waals surface area contributed by atoms with Crippen LogP contribution in [0, 0.1) is 0 Å². The van der Waals surface area contributed by atoms with E-state index in [-0.39, 0.29) is 11.9 Å². The van der Waals surface area contributed by atoms with Gasteiger partial charge in [-0.25, -0.2) is 0 Å². The Morgan fingerprint density at radius 1 is 1.47 bits per heavy atom. The summed E-state index contributed by atoms with van der Waals surface area (Å²) in [5, 5.41) is 3.91. The summed E-state index contributed by atoms with van der Waals surface area (Å²) >= 11 is 0. The summed E-state index contributed by atoms with van der Waals surface area (Å²) in [6.45, 7) is 2.40. The van der Waals surface area contributed by atoms with Crippen molar-refractivity contribution in [1.82, 2.24) is 10.1 Å². The Balaban J connectivity index is 1.82. The molecule has 94 valence electrons. The summed E-state index contributed by atoms with van der Waals surface area (Å²) in [5.74, 6) is 1.38. The Morgan fingerprint density at radius 2 is 2.35 bits per heavy atom. The number of ketones is 1. The molecular formula is C12H18N2O3. The van der Waals surface area contributed by atoms with Crippen LogP contribution in [0.25, 0.3) is 0 Å². The van der Waals surface area contributed by atoms with Crippen LogP contribution in [-0.2, 0) is 22.4 Å². The van der Waals surface area contributed by atoms with Crippen molar-refractivity contribution in [2.45, 2.75) is 51.6 Å². The zero-order valence-electron chi connectivity index (χ0n) is 10.1. The van der Waals surface area contributed by atoms with E-state index in [1.165, 1.54) is 6.42 Å². The highest BCUT2D eigenvalue weighted by Crippen LogP contribution is 2.16. The van der Waals surface area contributed by atoms with Crippen molar-refractivity contribution in [2.24, 2.45) is 0 Å². The van der Waals surface area contributed by atoms with Crippen LogP contribution in [0.4, 0.5) is 0 Å². The predicted molar refractivity (Wildman–Crippen MR) is 60.6 cm³/mol. The van der Waals surface area contributed by atoms with Crippen LogP contribution in [0.2, 0.25) is 0 Å². The van der Waals surface area contributed by atoms with Gasteiger partial charge in [-0.05, 0) is 26.2 Å². The molecule has 5 nitrogen and oxygen atoms in total. The smallest absolute Gasteiger partial charge is 0.227 e. The molecule has 1 unspecified atom stereocenters. The zero-order chi connectivity index (χ0) is 12.1. The van der Waals surface area contributed by atoms with Gasteiger partial charge < -0.3 is 14.1 Å². The van der Waals surface area contributed by atoms with Crippen LogP contribution in [0.3, 0.4) is 0 Å². The summed E-state index contributed by atoms with van der Waals surface area (Å²) in [4.78, 5) is 15.1. The summed E-state index contributed by atoms with van der Waals surface area (Å²) in [5.41, 5.74) is 0. The Hall–Kier alpha value is -1.23. The van der Waals surface area contributed by atoms with Crippen molar-refractivity contribution in [3.05, 3.63) is 11.7 Å². The molecule has 1 atom stereocenters. The lowest BCUT2D eigenvalue weighted by molar-refractivity contribution is -0.117. The highest BCUT2D eigenvalue weighted by atomic mass is 16.5. The van der Waals surface area contributed by atoms with Gasteiger partial charge >= 0.3 is 0 Å². The number of hydrogen-bond acceptors (Lipinski definition) is 5. The maximum absolute atomic E-state index is 10.8. The summed E-state index contributed by atoms with van der Waals surface area (Å²) < 4.78 is 10.7. The van der Waals surface area contributed by atoms with Crippen molar-refractivity contribution in [2.75, 3.05) is 6.61 Å². The molecule has 0 spiro atoms. The molecule has 1 aromatic heterocycles. The second-order valence-electron chi connectivity index (χ2n) is 4.50. The molecule has 0 saturated carbocycles. The molecule has 2 heterocycles.